The van der Waals surface area contributed by atoms with E-state index in [4.69, 9.17) is 17.0 Å². The van der Waals surface area contributed by atoms with Gasteiger partial charge in [-0.25, -0.2) is 0 Å². The minimum absolute atomic E-state index is 0.302. The normalized spacial score (nSPS) is 12.5. The number of benzene rings is 1. The first kappa shape index (κ1) is 10.6. The predicted molar refractivity (Wildman–Crippen MR) is 60.9 cm³/mol. The fourth-order valence-electron chi connectivity index (χ4n) is 1.09. The first-order valence-electron chi connectivity index (χ1n) is 4.07. The van der Waals surface area contributed by atoms with E-state index in [9.17, 15) is 0 Å². The number of nitrogens with one attached hydrogen (secondary N) is 1. The van der Waals surface area contributed by atoms with E-state index in [1.165, 1.54) is 5.56 Å². The van der Waals surface area contributed by atoms with Gasteiger partial charge in [-0.2, -0.15) is 0 Å². The van der Waals surface area contributed by atoms with E-state index in [-0.39, 0.29) is 0 Å². The molecule has 1 rings (SSSR count). The second kappa shape index (κ2) is 4.68. The SMILES string of the molecule is CC(=N)SC(C)c1cccc(Cl)c1. The van der Waals surface area contributed by atoms with Crippen LogP contribution in [0.5, 0.6) is 0 Å². The van der Waals surface area contributed by atoms with Gasteiger partial charge in [-0.3, -0.25) is 5.41 Å². The summed E-state index contributed by atoms with van der Waals surface area (Å²) in [5, 5.41) is 9.05. The van der Waals surface area contributed by atoms with Crippen molar-refractivity contribution in [3.63, 3.8) is 0 Å². The van der Waals surface area contributed by atoms with E-state index < -0.39 is 0 Å². The molecule has 0 saturated heterocycles. The van der Waals surface area contributed by atoms with Crippen molar-refractivity contribution in [1.29, 1.82) is 5.41 Å². The number of rotatable bonds is 2. The van der Waals surface area contributed by atoms with Gasteiger partial charge in [-0.15, -0.1) is 11.8 Å². The molecule has 0 aliphatic carbocycles. The van der Waals surface area contributed by atoms with Crippen molar-refractivity contribution in [3.05, 3.63) is 34.9 Å². The molecule has 0 aromatic heterocycles. The summed E-state index contributed by atoms with van der Waals surface area (Å²) in [5.41, 5.74) is 1.17. The van der Waals surface area contributed by atoms with Crippen LogP contribution < -0.4 is 0 Å². The summed E-state index contributed by atoms with van der Waals surface area (Å²) in [5.74, 6) is 0. The summed E-state index contributed by atoms with van der Waals surface area (Å²) in [6.45, 7) is 3.88. The van der Waals surface area contributed by atoms with Crippen LogP contribution in [0.4, 0.5) is 0 Å². The van der Waals surface area contributed by atoms with Crippen LogP contribution in [0, 0.1) is 5.41 Å². The number of halogens is 1. The van der Waals surface area contributed by atoms with Crippen molar-refractivity contribution in [2.24, 2.45) is 0 Å². The zero-order chi connectivity index (χ0) is 9.84. The Morgan fingerprint density at radius 2 is 2.23 bits per heavy atom. The molecule has 0 aliphatic rings. The molecular weight excluding hydrogens is 202 g/mol. The Morgan fingerprint density at radius 1 is 1.54 bits per heavy atom. The average molecular weight is 214 g/mol. The van der Waals surface area contributed by atoms with Crippen molar-refractivity contribution in [2.75, 3.05) is 0 Å². The molecule has 0 bridgehead atoms. The number of hydrogen-bond donors (Lipinski definition) is 1. The lowest BCUT2D eigenvalue weighted by atomic mass is 10.2. The third-order valence-corrected chi connectivity index (χ3v) is 2.89. The topological polar surface area (TPSA) is 23.9 Å². The molecule has 13 heavy (non-hydrogen) atoms. The molecule has 0 aliphatic heterocycles. The molecule has 1 aromatic rings. The maximum absolute atomic E-state index is 7.36. The third-order valence-electron chi connectivity index (χ3n) is 1.67. The lowest BCUT2D eigenvalue weighted by molar-refractivity contribution is 1.11. The molecule has 1 aromatic carbocycles. The zero-order valence-electron chi connectivity index (χ0n) is 7.67. The summed E-state index contributed by atoms with van der Waals surface area (Å²) < 4.78 is 0. The maximum Gasteiger partial charge on any atom is 0.0616 e. The van der Waals surface area contributed by atoms with Gasteiger partial charge >= 0.3 is 0 Å². The molecule has 0 spiro atoms. The Hall–Kier alpha value is -0.470. The lowest BCUT2D eigenvalue weighted by Gasteiger charge is -2.10. The van der Waals surface area contributed by atoms with Crippen molar-refractivity contribution < 1.29 is 0 Å². The first-order valence-corrected chi connectivity index (χ1v) is 5.32. The second-order valence-electron chi connectivity index (χ2n) is 2.87. The summed E-state index contributed by atoms with van der Waals surface area (Å²) in [6, 6.07) is 7.78. The van der Waals surface area contributed by atoms with Crippen LogP contribution in [0.3, 0.4) is 0 Å². The minimum Gasteiger partial charge on any atom is -0.299 e. The number of hydrogen-bond acceptors (Lipinski definition) is 2. The van der Waals surface area contributed by atoms with Gasteiger partial charge in [0.1, 0.15) is 0 Å². The Bertz CT molecular complexity index is 312. The van der Waals surface area contributed by atoms with Crippen LogP contribution in [-0.4, -0.2) is 5.04 Å². The van der Waals surface area contributed by atoms with E-state index in [1.807, 2.05) is 24.3 Å². The van der Waals surface area contributed by atoms with Crippen LogP contribution in [0.1, 0.15) is 24.7 Å². The highest BCUT2D eigenvalue weighted by atomic mass is 35.5. The van der Waals surface area contributed by atoms with E-state index in [0.29, 0.717) is 10.3 Å². The fourth-order valence-corrected chi connectivity index (χ4v) is 2.10. The van der Waals surface area contributed by atoms with E-state index in [1.54, 1.807) is 18.7 Å². The van der Waals surface area contributed by atoms with Crippen LogP contribution in [0.15, 0.2) is 24.3 Å². The van der Waals surface area contributed by atoms with Crippen molar-refractivity contribution >= 4 is 28.4 Å². The molecule has 70 valence electrons. The third kappa shape index (κ3) is 3.41. The van der Waals surface area contributed by atoms with Gasteiger partial charge in [-0.1, -0.05) is 23.7 Å². The van der Waals surface area contributed by atoms with Crippen molar-refractivity contribution in [1.82, 2.24) is 0 Å². The van der Waals surface area contributed by atoms with Crippen LogP contribution >= 0.6 is 23.4 Å². The smallest absolute Gasteiger partial charge is 0.0616 e. The Balaban J connectivity index is 2.76. The minimum atomic E-state index is 0.302. The zero-order valence-corrected chi connectivity index (χ0v) is 9.25. The monoisotopic (exact) mass is 213 g/mol. The molecule has 0 fully saturated rings. The summed E-state index contributed by atoms with van der Waals surface area (Å²) in [6.07, 6.45) is 0. The Morgan fingerprint density at radius 3 is 2.77 bits per heavy atom. The lowest BCUT2D eigenvalue weighted by Crippen LogP contribution is -1.91. The Kier molecular flexibility index (Phi) is 3.82. The van der Waals surface area contributed by atoms with E-state index in [2.05, 4.69) is 6.92 Å². The standard InChI is InChI=1S/C10H12ClNS/c1-7(13-8(2)12)9-4-3-5-10(11)6-9/h3-7,12H,1-2H3. The van der Waals surface area contributed by atoms with Gasteiger partial charge < -0.3 is 0 Å². The second-order valence-corrected chi connectivity index (χ2v) is 4.86. The summed E-state index contributed by atoms with van der Waals surface area (Å²) in [4.78, 5) is 0. The van der Waals surface area contributed by atoms with Crippen LogP contribution in [0.25, 0.3) is 0 Å². The molecule has 0 radical (unpaired) electrons. The van der Waals surface area contributed by atoms with Crippen molar-refractivity contribution in [3.8, 4) is 0 Å². The van der Waals surface area contributed by atoms with Crippen molar-refractivity contribution in [2.45, 2.75) is 19.1 Å². The quantitative estimate of drug-likeness (QED) is 0.580. The molecule has 1 unspecified atom stereocenters. The highest BCUT2D eigenvalue weighted by molar-refractivity contribution is 8.13. The molecule has 0 heterocycles. The van der Waals surface area contributed by atoms with Gasteiger partial charge in [0, 0.05) is 10.3 Å². The first-order chi connectivity index (χ1) is 6.09. The van der Waals surface area contributed by atoms with Crippen LogP contribution in [-0.2, 0) is 0 Å². The predicted octanol–water partition coefficient (Wildman–Crippen LogP) is 4.13. The average Bonchev–Trinajstić information content (AvgIpc) is 2.03. The molecule has 0 amide bonds. The van der Waals surface area contributed by atoms with E-state index in [0.717, 1.165) is 5.02 Å². The van der Waals surface area contributed by atoms with E-state index >= 15 is 0 Å². The molecule has 0 saturated carbocycles. The van der Waals surface area contributed by atoms with Gasteiger partial charge in [0.15, 0.2) is 0 Å². The highest BCUT2D eigenvalue weighted by Crippen LogP contribution is 2.29. The van der Waals surface area contributed by atoms with Gasteiger partial charge in [0.05, 0.1) is 5.04 Å². The highest BCUT2D eigenvalue weighted by Gasteiger charge is 2.06. The van der Waals surface area contributed by atoms with Gasteiger partial charge in [0.25, 0.3) is 0 Å². The molecular formula is C10H12ClNS. The van der Waals surface area contributed by atoms with Gasteiger partial charge in [0.2, 0.25) is 0 Å². The molecule has 1 nitrogen and oxygen atoms in total. The maximum atomic E-state index is 7.36. The Labute approximate surface area is 88.0 Å². The molecule has 1 atom stereocenters. The van der Waals surface area contributed by atoms with Gasteiger partial charge in [-0.05, 0) is 31.5 Å². The fraction of sp³-hybridized carbons (Fsp3) is 0.300. The number of thioether (sulfide) groups is 1. The molecule has 1 N–H and O–H groups in total. The van der Waals surface area contributed by atoms with Crippen LogP contribution in [0.2, 0.25) is 5.02 Å². The molecule has 3 heteroatoms. The summed E-state index contributed by atoms with van der Waals surface area (Å²) >= 11 is 7.40. The largest absolute Gasteiger partial charge is 0.299 e. The summed E-state index contributed by atoms with van der Waals surface area (Å²) in [7, 11) is 0.